The molecule has 1 unspecified atom stereocenters. The van der Waals surface area contributed by atoms with Crippen LogP contribution in [-0.4, -0.2) is 34.1 Å². The van der Waals surface area contributed by atoms with E-state index in [-0.39, 0.29) is 5.95 Å². The summed E-state index contributed by atoms with van der Waals surface area (Å²) in [7, 11) is 0. The summed E-state index contributed by atoms with van der Waals surface area (Å²) < 4.78 is 0. The van der Waals surface area contributed by atoms with Crippen molar-refractivity contribution in [1.82, 2.24) is 15.0 Å². The average molecular weight is 250 g/mol. The maximum absolute atomic E-state index is 5.75. The van der Waals surface area contributed by atoms with E-state index in [4.69, 9.17) is 5.73 Å². The third kappa shape index (κ3) is 3.00. The summed E-state index contributed by atoms with van der Waals surface area (Å²) in [5.41, 5.74) is 5.75. The number of hydrogen-bond acceptors (Lipinski definition) is 6. The summed E-state index contributed by atoms with van der Waals surface area (Å²) in [6.07, 6.45) is 2.38. The molecular weight excluding hydrogens is 228 g/mol. The maximum Gasteiger partial charge on any atom is 0.231 e. The van der Waals surface area contributed by atoms with Crippen molar-refractivity contribution in [3.05, 3.63) is 0 Å². The minimum atomic E-state index is 0.283. The zero-order valence-corrected chi connectivity index (χ0v) is 11.3. The van der Waals surface area contributed by atoms with Crippen LogP contribution >= 0.6 is 0 Å². The predicted molar refractivity (Wildman–Crippen MR) is 73.6 cm³/mol. The van der Waals surface area contributed by atoms with E-state index >= 15 is 0 Å². The fraction of sp³-hybridized carbons (Fsp3) is 0.750. The number of rotatable bonds is 4. The van der Waals surface area contributed by atoms with Crippen molar-refractivity contribution in [3.8, 4) is 0 Å². The van der Waals surface area contributed by atoms with Gasteiger partial charge in [-0.3, -0.25) is 0 Å². The highest BCUT2D eigenvalue weighted by atomic mass is 15.3. The Morgan fingerprint density at radius 3 is 2.39 bits per heavy atom. The van der Waals surface area contributed by atoms with Crippen LogP contribution in [0.15, 0.2) is 0 Å². The molecule has 0 bridgehead atoms. The quantitative estimate of drug-likeness (QED) is 0.843. The molecule has 1 aliphatic heterocycles. The van der Waals surface area contributed by atoms with Crippen LogP contribution in [0.1, 0.15) is 33.6 Å². The molecule has 0 saturated carbocycles. The van der Waals surface area contributed by atoms with E-state index < -0.39 is 0 Å². The number of nitrogens with zero attached hydrogens (tertiary/aromatic N) is 4. The molecule has 1 aromatic rings. The minimum absolute atomic E-state index is 0.283. The molecule has 6 heteroatoms. The van der Waals surface area contributed by atoms with Crippen LogP contribution in [0, 0.1) is 5.92 Å². The van der Waals surface area contributed by atoms with Gasteiger partial charge in [-0.2, -0.15) is 15.0 Å². The van der Waals surface area contributed by atoms with E-state index in [0.29, 0.717) is 23.9 Å². The summed E-state index contributed by atoms with van der Waals surface area (Å²) >= 11 is 0. The lowest BCUT2D eigenvalue weighted by Crippen LogP contribution is -2.26. The van der Waals surface area contributed by atoms with E-state index in [0.717, 1.165) is 13.1 Å². The molecule has 0 aliphatic carbocycles. The Balaban J connectivity index is 2.15. The maximum atomic E-state index is 5.75. The van der Waals surface area contributed by atoms with Crippen molar-refractivity contribution < 1.29 is 0 Å². The normalized spacial score (nSPS) is 17.2. The van der Waals surface area contributed by atoms with Gasteiger partial charge in [-0.15, -0.1) is 0 Å². The molecule has 1 aromatic heterocycles. The molecule has 0 aromatic carbocycles. The van der Waals surface area contributed by atoms with Gasteiger partial charge in [-0.05, 0) is 25.7 Å². The Kier molecular flexibility index (Phi) is 3.84. The van der Waals surface area contributed by atoms with Crippen LogP contribution in [0.25, 0.3) is 0 Å². The minimum Gasteiger partial charge on any atom is -0.368 e. The number of nitrogens with two attached hydrogens (primary N) is 1. The smallest absolute Gasteiger partial charge is 0.231 e. The van der Waals surface area contributed by atoms with E-state index in [1.54, 1.807) is 0 Å². The molecule has 18 heavy (non-hydrogen) atoms. The lowest BCUT2D eigenvalue weighted by molar-refractivity contribution is 0.556. The van der Waals surface area contributed by atoms with E-state index in [9.17, 15) is 0 Å². The van der Waals surface area contributed by atoms with Crippen LogP contribution in [0.4, 0.5) is 17.8 Å². The summed E-state index contributed by atoms with van der Waals surface area (Å²) in [5, 5.41) is 3.28. The van der Waals surface area contributed by atoms with Crippen molar-refractivity contribution in [1.29, 1.82) is 0 Å². The van der Waals surface area contributed by atoms with Crippen LogP contribution in [0.5, 0.6) is 0 Å². The van der Waals surface area contributed by atoms with Gasteiger partial charge in [0.15, 0.2) is 0 Å². The first kappa shape index (κ1) is 12.9. The Hall–Kier alpha value is -1.59. The molecule has 0 spiro atoms. The highest BCUT2D eigenvalue weighted by Gasteiger charge is 2.17. The number of nitrogens with one attached hydrogen (secondary N) is 1. The molecule has 1 atom stereocenters. The lowest BCUT2D eigenvalue weighted by atomic mass is 10.1. The number of anilines is 3. The van der Waals surface area contributed by atoms with Gasteiger partial charge in [-0.25, -0.2) is 0 Å². The lowest BCUT2D eigenvalue weighted by Gasteiger charge is -2.19. The van der Waals surface area contributed by atoms with Gasteiger partial charge in [0.1, 0.15) is 0 Å². The molecule has 2 rings (SSSR count). The molecule has 0 radical (unpaired) electrons. The van der Waals surface area contributed by atoms with Crippen LogP contribution in [0.2, 0.25) is 0 Å². The van der Waals surface area contributed by atoms with Crippen molar-refractivity contribution in [2.45, 2.75) is 39.7 Å². The number of hydrogen-bond donors (Lipinski definition) is 2. The molecule has 3 N–H and O–H groups in total. The van der Waals surface area contributed by atoms with Crippen molar-refractivity contribution >= 4 is 17.8 Å². The first-order valence-electron chi connectivity index (χ1n) is 6.59. The van der Waals surface area contributed by atoms with Gasteiger partial charge in [0.2, 0.25) is 17.8 Å². The van der Waals surface area contributed by atoms with Gasteiger partial charge in [0, 0.05) is 19.1 Å². The topological polar surface area (TPSA) is 80.0 Å². The summed E-state index contributed by atoms with van der Waals surface area (Å²) in [4.78, 5) is 15.0. The summed E-state index contributed by atoms with van der Waals surface area (Å²) in [5.74, 6) is 2.06. The molecule has 1 aliphatic rings. The van der Waals surface area contributed by atoms with Gasteiger partial charge in [-0.1, -0.05) is 13.8 Å². The Labute approximate surface area is 108 Å². The van der Waals surface area contributed by atoms with E-state index in [1.165, 1.54) is 12.8 Å². The SMILES string of the molecule is CC(C)C(C)Nc1nc(N)nc(N2CCCC2)n1. The Bertz CT molecular complexity index is 400. The summed E-state index contributed by atoms with van der Waals surface area (Å²) in [6, 6.07) is 0.304. The van der Waals surface area contributed by atoms with Gasteiger partial charge < -0.3 is 16.0 Å². The molecule has 1 saturated heterocycles. The second kappa shape index (κ2) is 5.37. The monoisotopic (exact) mass is 250 g/mol. The standard InChI is InChI=1S/C12H22N6/c1-8(2)9(3)14-11-15-10(13)16-12(17-11)18-6-4-5-7-18/h8-9H,4-7H2,1-3H3,(H3,13,14,15,16,17). The summed E-state index contributed by atoms with van der Waals surface area (Å²) in [6.45, 7) is 8.43. The zero-order chi connectivity index (χ0) is 13.1. The first-order chi connectivity index (χ1) is 8.56. The Morgan fingerprint density at radius 2 is 1.78 bits per heavy atom. The van der Waals surface area contributed by atoms with Crippen molar-refractivity contribution in [2.24, 2.45) is 5.92 Å². The predicted octanol–water partition coefficient (Wildman–Crippen LogP) is 1.51. The molecule has 0 amide bonds. The number of aromatic nitrogens is 3. The van der Waals surface area contributed by atoms with Crippen LogP contribution in [-0.2, 0) is 0 Å². The molecule has 2 heterocycles. The average Bonchev–Trinajstić information content (AvgIpc) is 2.81. The van der Waals surface area contributed by atoms with Gasteiger partial charge in [0.05, 0.1) is 0 Å². The second-order valence-electron chi connectivity index (χ2n) is 5.19. The highest BCUT2D eigenvalue weighted by molar-refractivity contribution is 5.42. The third-order valence-electron chi connectivity index (χ3n) is 3.39. The molecule has 6 nitrogen and oxygen atoms in total. The van der Waals surface area contributed by atoms with Crippen LogP contribution in [0.3, 0.4) is 0 Å². The third-order valence-corrected chi connectivity index (χ3v) is 3.39. The van der Waals surface area contributed by atoms with E-state index in [1.807, 2.05) is 0 Å². The van der Waals surface area contributed by atoms with Crippen molar-refractivity contribution in [3.63, 3.8) is 0 Å². The zero-order valence-electron chi connectivity index (χ0n) is 11.3. The number of nitrogen functional groups attached to an aromatic ring is 1. The fourth-order valence-electron chi connectivity index (χ4n) is 1.87. The Morgan fingerprint density at radius 1 is 1.11 bits per heavy atom. The fourth-order valence-corrected chi connectivity index (χ4v) is 1.87. The first-order valence-corrected chi connectivity index (χ1v) is 6.59. The van der Waals surface area contributed by atoms with Gasteiger partial charge >= 0.3 is 0 Å². The molecular formula is C12H22N6. The van der Waals surface area contributed by atoms with Crippen molar-refractivity contribution in [2.75, 3.05) is 29.0 Å². The van der Waals surface area contributed by atoms with Gasteiger partial charge in [0.25, 0.3) is 0 Å². The molecule has 1 fully saturated rings. The second-order valence-corrected chi connectivity index (χ2v) is 5.19. The van der Waals surface area contributed by atoms with Crippen LogP contribution < -0.4 is 16.0 Å². The molecule has 100 valence electrons. The largest absolute Gasteiger partial charge is 0.368 e. The van der Waals surface area contributed by atoms with E-state index in [2.05, 4.69) is 45.9 Å². The highest BCUT2D eigenvalue weighted by Crippen LogP contribution is 2.18.